The predicted molar refractivity (Wildman–Crippen MR) is 169 cm³/mol. The molecule has 48 heavy (non-hydrogen) atoms. The summed E-state index contributed by atoms with van der Waals surface area (Å²) < 4.78 is 74.6. The summed E-state index contributed by atoms with van der Waals surface area (Å²) in [5.41, 5.74) is 1.80. The van der Waals surface area contributed by atoms with Crippen molar-refractivity contribution in [2.75, 3.05) is 13.7 Å². The highest BCUT2D eigenvalue weighted by atomic mass is 32.2. The van der Waals surface area contributed by atoms with Gasteiger partial charge in [0, 0.05) is 30.5 Å². The molecule has 14 heteroatoms. The quantitative estimate of drug-likeness (QED) is 0.215. The number of aliphatic hydroxyl groups excluding tert-OH is 1. The molecular formula is C34H35F3N4O6S. The van der Waals surface area contributed by atoms with Gasteiger partial charge in [-0.3, -0.25) is 9.69 Å². The average Bonchev–Trinajstić information content (AvgIpc) is 3.66. The van der Waals surface area contributed by atoms with Crippen LogP contribution >= 0.6 is 0 Å². The van der Waals surface area contributed by atoms with Crippen LogP contribution in [0.15, 0.2) is 89.8 Å². The molecule has 4 aromatic rings. The molecule has 0 radical (unpaired) electrons. The summed E-state index contributed by atoms with van der Waals surface area (Å²) in [6.45, 7) is 1.64. The van der Waals surface area contributed by atoms with Gasteiger partial charge in [-0.25, -0.2) is 18.2 Å². The van der Waals surface area contributed by atoms with Crippen LogP contribution in [0.5, 0.6) is 0 Å². The molecule has 0 aliphatic carbocycles. The van der Waals surface area contributed by atoms with E-state index >= 15 is 0 Å². The van der Waals surface area contributed by atoms with Crippen LogP contribution < -0.4 is 5.14 Å². The number of morpholine rings is 1. The number of rotatable bonds is 7. The summed E-state index contributed by atoms with van der Waals surface area (Å²) in [5.74, 6) is -0.915. The lowest BCUT2D eigenvalue weighted by atomic mass is 9.97. The number of carbonyl (C=O) groups is 1. The Hall–Kier alpha value is -4.08. The molecule has 2 bridgehead atoms. The number of hydrogen-bond acceptors (Lipinski definition) is 8. The number of likely N-dealkylation sites (N-methyl/N-ethyl adjacent to an activating group) is 1. The monoisotopic (exact) mass is 684 g/mol. The van der Waals surface area contributed by atoms with Crippen molar-refractivity contribution in [1.29, 1.82) is 0 Å². The van der Waals surface area contributed by atoms with E-state index < -0.39 is 27.8 Å². The van der Waals surface area contributed by atoms with Crippen molar-refractivity contribution in [3.05, 3.63) is 102 Å². The van der Waals surface area contributed by atoms with Crippen molar-refractivity contribution in [3.63, 3.8) is 0 Å². The molecular weight excluding hydrogens is 649 g/mol. The Morgan fingerprint density at radius 3 is 2.17 bits per heavy atom. The van der Waals surface area contributed by atoms with Crippen LogP contribution in [0.25, 0.3) is 16.9 Å². The molecule has 254 valence electrons. The van der Waals surface area contributed by atoms with Gasteiger partial charge < -0.3 is 14.6 Å². The molecule has 5 atom stereocenters. The van der Waals surface area contributed by atoms with E-state index in [0.717, 1.165) is 34.7 Å². The fourth-order valence-corrected chi connectivity index (χ4v) is 6.98. The van der Waals surface area contributed by atoms with Crippen molar-refractivity contribution >= 4 is 16.0 Å². The molecule has 1 aromatic heterocycles. The summed E-state index contributed by atoms with van der Waals surface area (Å²) in [6.07, 6.45) is -2.35. The molecule has 3 fully saturated rings. The van der Waals surface area contributed by atoms with Crippen LogP contribution in [0, 0.1) is 6.92 Å². The number of nitrogens with two attached hydrogens (primary N) is 1. The van der Waals surface area contributed by atoms with Gasteiger partial charge in [-0.2, -0.15) is 18.3 Å². The number of nitrogens with zero attached hydrogens (tertiary/aromatic N) is 3. The number of sulfonamides is 1. The summed E-state index contributed by atoms with van der Waals surface area (Å²) in [7, 11) is -1.77. The summed E-state index contributed by atoms with van der Waals surface area (Å²) in [5, 5.41) is 18.3. The molecule has 3 aliphatic rings. The molecule has 0 amide bonds. The molecule has 3 aliphatic heterocycles. The number of carbonyl (C=O) groups excluding carboxylic acids is 1. The number of benzene rings is 3. The van der Waals surface area contributed by atoms with E-state index in [9.17, 15) is 31.5 Å². The number of fused-ring (bicyclic) bond motifs is 5. The van der Waals surface area contributed by atoms with Crippen LogP contribution in [0.1, 0.15) is 35.6 Å². The van der Waals surface area contributed by atoms with Crippen molar-refractivity contribution in [1.82, 2.24) is 14.7 Å². The number of aromatic nitrogens is 2. The minimum Gasteiger partial charge on any atom is -0.462 e. The van der Waals surface area contributed by atoms with E-state index in [1.165, 1.54) is 24.3 Å². The maximum atomic E-state index is 13.1. The second-order valence-electron chi connectivity index (χ2n) is 12.3. The highest BCUT2D eigenvalue weighted by Crippen LogP contribution is 2.48. The molecule has 3 saturated heterocycles. The van der Waals surface area contributed by atoms with Crippen molar-refractivity contribution < 1.29 is 41.0 Å². The Morgan fingerprint density at radius 2 is 1.62 bits per heavy atom. The fraction of sp³-hybridized carbons (Fsp3) is 0.353. The molecule has 0 saturated carbocycles. The lowest BCUT2D eigenvalue weighted by Crippen LogP contribution is -2.48. The van der Waals surface area contributed by atoms with Crippen LogP contribution in [-0.2, 0) is 30.5 Å². The Bertz CT molecular complexity index is 1850. The first-order chi connectivity index (χ1) is 22.7. The molecule has 10 nitrogen and oxygen atoms in total. The number of hydrogen-bond donors (Lipinski definition) is 2. The highest BCUT2D eigenvalue weighted by molar-refractivity contribution is 7.89. The molecule has 0 spiro atoms. The third-order valence-corrected chi connectivity index (χ3v) is 10.0. The van der Waals surface area contributed by atoms with Crippen LogP contribution in [0.3, 0.4) is 0 Å². The van der Waals surface area contributed by atoms with E-state index in [4.69, 9.17) is 14.6 Å². The molecule has 7 rings (SSSR count). The van der Waals surface area contributed by atoms with Gasteiger partial charge in [0.1, 0.15) is 24.2 Å². The summed E-state index contributed by atoms with van der Waals surface area (Å²) in [4.78, 5) is 14.7. The fourth-order valence-electron chi connectivity index (χ4n) is 6.47. The number of esters is 1. The predicted octanol–water partition coefficient (Wildman–Crippen LogP) is 4.43. The Morgan fingerprint density at radius 1 is 1.02 bits per heavy atom. The number of ether oxygens (including phenoxy) is 2. The molecule has 2 unspecified atom stereocenters. The van der Waals surface area contributed by atoms with Crippen LogP contribution in [0.2, 0.25) is 0 Å². The number of aliphatic hydroxyl groups is 1. The first kappa shape index (κ1) is 33.8. The zero-order valence-electron chi connectivity index (χ0n) is 26.1. The number of primary sulfonamides is 1. The maximum Gasteiger partial charge on any atom is 0.435 e. The Balaban J connectivity index is 0.000000169. The van der Waals surface area contributed by atoms with Gasteiger partial charge in [0.05, 0.1) is 22.9 Å². The van der Waals surface area contributed by atoms with Gasteiger partial charge in [-0.1, -0.05) is 60.2 Å². The van der Waals surface area contributed by atoms with E-state index in [1.54, 1.807) is 24.3 Å². The lowest BCUT2D eigenvalue weighted by Gasteiger charge is -2.38. The number of halogens is 3. The Labute approximate surface area is 275 Å². The van der Waals surface area contributed by atoms with Crippen molar-refractivity contribution in [2.45, 2.75) is 67.2 Å². The zero-order chi connectivity index (χ0) is 34.4. The minimum atomic E-state index is -4.61. The maximum absolute atomic E-state index is 13.1. The SMILES string of the molecule is CN1C2CC(OC(=O)[C@H](CO)c3ccccc3)CC1[C@H]1O[C@H]21.Cc1ccc(-c2cc(C(F)(F)F)nn2-c2ccc(S(N)(=O)=O)cc2)cc1. The third kappa shape index (κ3) is 7.03. The number of alkyl halides is 3. The summed E-state index contributed by atoms with van der Waals surface area (Å²) >= 11 is 0. The highest BCUT2D eigenvalue weighted by Gasteiger charge is 2.62. The minimum absolute atomic E-state index is 0.0622. The largest absolute Gasteiger partial charge is 0.462 e. The second-order valence-corrected chi connectivity index (χ2v) is 13.8. The topological polar surface area (TPSA) is 140 Å². The van der Waals surface area contributed by atoms with Crippen molar-refractivity contribution in [2.24, 2.45) is 5.14 Å². The first-order valence-corrected chi connectivity index (χ1v) is 16.9. The van der Waals surface area contributed by atoms with E-state index in [1.807, 2.05) is 37.3 Å². The molecule has 4 heterocycles. The number of epoxide rings is 1. The van der Waals surface area contributed by atoms with Gasteiger partial charge in [-0.05, 0) is 49.9 Å². The second kappa shape index (κ2) is 13.1. The van der Waals surface area contributed by atoms with Gasteiger partial charge in [0.25, 0.3) is 0 Å². The normalized spacial score (nSPS) is 23.9. The standard InChI is InChI=1S/C17H14F3N3O2S.C17H21NO4/c1-11-2-4-12(5-3-11)15-10-16(17(18,19)20)22-23(15)13-6-8-14(9-7-13)26(21,24)25;1-18-13-7-11(8-14(18)16-15(13)22-16)21-17(20)12(9-19)10-5-3-2-4-6-10/h2-10H,1H3,(H2,21,24,25);2-6,11-16,19H,7-9H2,1H3/t;11?,12-,13?,14?,15-,16-/m.1/s1. The van der Waals surface area contributed by atoms with Gasteiger partial charge in [-0.15, -0.1) is 0 Å². The Kier molecular flexibility index (Phi) is 9.22. The lowest BCUT2D eigenvalue weighted by molar-refractivity contribution is -0.156. The van der Waals surface area contributed by atoms with Gasteiger partial charge in [0.2, 0.25) is 10.0 Å². The van der Waals surface area contributed by atoms with Crippen LogP contribution in [0.4, 0.5) is 13.2 Å². The van der Waals surface area contributed by atoms with E-state index in [2.05, 4.69) is 17.0 Å². The molecule has 3 aromatic carbocycles. The number of piperidine rings is 1. The average molecular weight is 685 g/mol. The third-order valence-electron chi connectivity index (χ3n) is 9.08. The van der Waals surface area contributed by atoms with Crippen LogP contribution in [-0.4, -0.2) is 78.2 Å². The number of aryl methyl sites for hydroxylation is 1. The zero-order valence-corrected chi connectivity index (χ0v) is 26.9. The summed E-state index contributed by atoms with van der Waals surface area (Å²) in [6, 6.07) is 23.1. The van der Waals surface area contributed by atoms with Gasteiger partial charge in [0.15, 0.2) is 5.69 Å². The van der Waals surface area contributed by atoms with Gasteiger partial charge >= 0.3 is 12.1 Å². The molecule has 3 N–H and O–H groups in total. The van der Waals surface area contributed by atoms with E-state index in [-0.39, 0.29) is 35.0 Å². The first-order valence-electron chi connectivity index (χ1n) is 15.4. The van der Waals surface area contributed by atoms with Crippen molar-refractivity contribution in [3.8, 4) is 16.9 Å². The van der Waals surface area contributed by atoms with E-state index in [0.29, 0.717) is 29.9 Å². The smallest absolute Gasteiger partial charge is 0.435 e.